The minimum Gasteiger partial charge on any atom is -0.450 e. The third-order valence-electron chi connectivity index (χ3n) is 23.0. The second kappa shape index (κ2) is 31.7. The number of nitrogens with one attached hydrogen (secondary N) is 2. The second-order valence-corrected chi connectivity index (χ2v) is 29.1. The molecule has 0 aromatic carbocycles. The van der Waals surface area contributed by atoms with Crippen LogP contribution >= 0.6 is 0 Å². The molecule has 0 radical (unpaired) electrons. The van der Waals surface area contributed by atoms with E-state index in [1.165, 1.54) is 153 Å². The van der Waals surface area contributed by atoms with Crippen molar-refractivity contribution in [1.29, 1.82) is 0 Å². The van der Waals surface area contributed by atoms with Gasteiger partial charge < -0.3 is 89.4 Å². The molecule has 0 aromatic heterocycles. The summed E-state index contributed by atoms with van der Waals surface area (Å²) in [6.45, 7) is 24.9. The number of ether oxygens (including phenoxy) is 8. The Bertz CT molecular complexity index is 2090. The number of rotatable bonds is 38. The SMILES string of the molecule is C.CCCCCCCCCCCCCCCCCCOC(=O)NCCCCCCNC(=O)OCC1(C)O[C@](C)(COCC2(C)O[C@](C)(COC)C(C)(O)[C@](C)(O)[C@]2(C)O)C(C)(O)[C@](C)(O)[C@]1(C)COC[C@@]1(C)OC(C)(CO)[C@@](C)(CC)[C@@](C)(O)C1(C)O. The Labute approximate surface area is 525 Å². The van der Waals surface area contributed by atoms with Gasteiger partial charge in [-0.2, -0.15) is 0 Å². The summed E-state index contributed by atoms with van der Waals surface area (Å²) in [6.07, 6.45) is 22.5. The maximum atomic E-state index is 13.6. The van der Waals surface area contributed by atoms with Crippen molar-refractivity contribution in [3.05, 3.63) is 0 Å². The Balaban J connectivity index is 0.0000258. The summed E-state index contributed by atoms with van der Waals surface area (Å²) in [4.78, 5) is 25.9. The van der Waals surface area contributed by atoms with Crippen LogP contribution in [-0.2, 0) is 37.9 Å². The second-order valence-electron chi connectivity index (χ2n) is 29.1. The highest BCUT2D eigenvalue weighted by molar-refractivity contribution is 5.67. The minimum absolute atomic E-state index is 0. The molecule has 3 aliphatic heterocycles. The highest BCUT2D eigenvalue weighted by Gasteiger charge is 2.77. The minimum atomic E-state index is -2.23. The molecule has 0 aliphatic carbocycles. The number of alkyl carbamates (subject to hydrolysis) is 2. The van der Waals surface area contributed by atoms with Crippen molar-refractivity contribution in [2.45, 2.75) is 333 Å². The zero-order valence-corrected chi connectivity index (χ0v) is 57.1. The van der Waals surface area contributed by atoms with E-state index in [2.05, 4.69) is 17.6 Å². The molecular weight excluding hydrogens is 1120 g/mol. The van der Waals surface area contributed by atoms with E-state index in [1.54, 1.807) is 41.5 Å². The fourth-order valence-electron chi connectivity index (χ4n) is 14.1. The molecule has 20 heteroatoms. The maximum absolute atomic E-state index is 13.6. The van der Waals surface area contributed by atoms with E-state index >= 15 is 0 Å². The lowest BCUT2D eigenvalue weighted by molar-refractivity contribution is -0.417. The van der Waals surface area contributed by atoms with Crippen LogP contribution in [0, 0.1) is 10.8 Å². The van der Waals surface area contributed by atoms with Gasteiger partial charge in [0, 0.05) is 25.6 Å². The van der Waals surface area contributed by atoms with E-state index in [0.717, 1.165) is 38.5 Å². The molecule has 6 unspecified atom stereocenters. The van der Waals surface area contributed by atoms with E-state index in [0.29, 0.717) is 26.0 Å². The van der Waals surface area contributed by atoms with Gasteiger partial charge in [0.2, 0.25) is 0 Å². The summed E-state index contributed by atoms with van der Waals surface area (Å²) in [7, 11) is 1.41. The summed E-state index contributed by atoms with van der Waals surface area (Å²) >= 11 is 0. The Morgan fingerprint density at radius 1 is 0.368 bits per heavy atom. The molecule has 3 rings (SSSR count). The van der Waals surface area contributed by atoms with Crippen molar-refractivity contribution in [3.63, 3.8) is 0 Å². The summed E-state index contributed by atoms with van der Waals surface area (Å²) in [5.74, 6) is 0. The Kier molecular flexibility index (Phi) is 29.6. The number of carbonyl (C=O) groups excluding carboxylic acids is 2. The summed E-state index contributed by atoms with van der Waals surface area (Å²) in [5.41, 5.74) is -27.4. The van der Waals surface area contributed by atoms with Crippen molar-refractivity contribution < 1.29 is 88.3 Å². The molecule has 87 heavy (non-hydrogen) atoms. The molecule has 0 spiro atoms. The fraction of sp³-hybridized carbons (Fsp3) is 0.970. The molecule has 0 aromatic rings. The average molecular weight is 1250 g/mol. The van der Waals surface area contributed by atoms with Crippen LogP contribution in [0.25, 0.3) is 0 Å². The highest BCUT2D eigenvalue weighted by atomic mass is 16.6. The van der Waals surface area contributed by atoms with Gasteiger partial charge in [-0.3, -0.25) is 0 Å². The highest BCUT2D eigenvalue weighted by Crippen LogP contribution is 2.62. The molecule has 3 aliphatic rings. The number of amides is 2. The molecule has 3 saturated heterocycles. The van der Waals surface area contributed by atoms with Crippen molar-refractivity contribution >= 4 is 12.2 Å². The Morgan fingerprint density at radius 3 is 1.08 bits per heavy atom. The lowest BCUT2D eigenvalue weighted by Crippen LogP contribution is -2.85. The molecule has 15 atom stereocenters. The van der Waals surface area contributed by atoms with Crippen LogP contribution in [0.3, 0.4) is 0 Å². The molecule has 516 valence electrons. The summed E-state index contributed by atoms with van der Waals surface area (Å²) < 4.78 is 49.7. The average Bonchev–Trinajstić information content (AvgIpc) is 0.708. The van der Waals surface area contributed by atoms with Crippen molar-refractivity contribution in [2.75, 3.05) is 73.1 Å². The first kappa shape index (κ1) is 81.1. The van der Waals surface area contributed by atoms with E-state index < -0.39 is 135 Å². The maximum Gasteiger partial charge on any atom is 0.407 e. The summed E-state index contributed by atoms with van der Waals surface area (Å²) in [6, 6.07) is 0. The fourth-order valence-corrected chi connectivity index (χ4v) is 14.1. The van der Waals surface area contributed by atoms with Crippen LogP contribution in [0.4, 0.5) is 9.59 Å². The predicted molar refractivity (Wildman–Crippen MR) is 339 cm³/mol. The van der Waals surface area contributed by atoms with Crippen LogP contribution in [0.2, 0.25) is 0 Å². The first-order valence-electron chi connectivity index (χ1n) is 32.8. The summed E-state index contributed by atoms with van der Waals surface area (Å²) in [5, 5.41) is 103. The molecular formula is C67H130N2O18. The monoisotopic (exact) mass is 1250 g/mol. The largest absolute Gasteiger partial charge is 0.450 e. The number of carbonyl (C=O) groups is 2. The van der Waals surface area contributed by atoms with Gasteiger partial charge in [0.05, 0.1) is 57.3 Å². The van der Waals surface area contributed by atoms with E-state index in [1.807, 2.05) is 6.92 Å². The van der Waals surface area contributed by atoms with E-state index in [-0.39, 0.29) is 20.6 Å². The van der Waals surface area contributed by atoms with Crippen LogP contribution in [0.5, 0.6) is 0 Å². The molecule has 20 nitrogen and oxygen atoms in total. The molecule has 0 bridgehead atoms. The zero-order chi connectivity index (χ0) is 65.6. The Hall–Kier alpha value is -2.02. The van der Waals surface area contributed by atoms with Crippen LogP contribution in [0.1, 0.15) is 260 Å². The molecule has 10 N–H and O–H groups in total. The smallest absolute Gasteiger partial charge is 0.407 e. The topological polar surface area (TPSA) is 294 Å². The van der Waals surface area contributed by atoms with E-state index in [4.69, 9.17) is 37.9 Å². The van der Waals surface area contributed by atoms with E-state index in [9.17, 15) is 50.4 Å². The number of hydrogen-bond acceptors (Lipinski definition) is 18. The predicted octanol–water partition coefficient (Wildman–Crippen LogP) is 9.89. The molecule has 2 amide bonds. The molecule has 3 fully saturated rings. The molecule has 0 saturated carbocycles. The van der Waals surface area contributed by atoms with Gasteiger partial charge in [-0.05, 0) is 116 Å². The third-order valence-corrected chi connectivity index (χ3v) is 23.0. The first-order valence-corrected chi connectivity index (χ1v) is 32.8. The number of methoxy groups -OCH3 is 1. The number of hydrogen-bond donors (Lipinski definition) is 10. The number of unbranched alkanes of at least 4 members (excludes halogenated alkanes) is 18. The van der Waals surface area contributed by atoms with Crippen LogP contribution in [0.15, 0.2) is 0 Å². The van der Waals surface area contributed by atoms with Crippen molar-refractivity contribution in [1.82, 2.24) is 10.6 Å². The molecule has 3 heterocycles. The van der Waals surface area contributed by atoms with Gasteiger partial charge in [-0.1, -0.05) is 144 Å². The Morgan fingerprint density at radius 2 is 0.690 bits per heavy atom. The van der Waals surface area contributed by atoms with Crippen LogP contribution in [-0.4, -0.2) is 199 Å². The van der Waals surface area contributed by atoms with Gasteiger partial charge in [0.25, 0.3) is 0 Å². The van der Waals surface area contributed by atoms with Crippen molar-refractivity contribution in [2.24, 2.45) is 10.8 Å². The number of aliphatic hydroxyl groups is 8. The number of aliphatic hydroxyl groups excluding tert-OH is 1. The lowest BCUT2D eigenvalue weighted by Gasteiger charge is -2.68. The van der Waals surface area contributed by atoms with Gasteiger partial charge in [-0.15, -0.1) is 0 Å². The van der Waals surface area contributed by atoms with Crippen LogP contribution < -0.4 is 10.6 Å². The van der Waals surface area contributed by atoms with Gasteiger partial charge in [0.15, 0.2) is 0 Å². The first-order chi connectivity index (χ1) is 39.6. The lowest BCUT2D eigenvalue weighted by atomic mass is 9.51. The van der Waals surface area contributed by atoms with Gasteiger partial charge in [0.1, 0.15) is 73.8 Å². The zero-order valence-electron chi connectivity index (χ0n) is 57.1. The standard InChI is InChI=1S/C66H126N2O18.CH4/c1-19-21-22-23-24-25-26-27-28-29-30-31-32-33-36-39-42-82-50(70)67-40-37-34-35-38-41-68-51(71)83-49-55(6)53(4,44-80-46-57(8)62(13,74)60(11,72)52(3,20-2)54(5,43-69)84-57)61(12,73)63(14,75)58(9,85-55)47-81-48-59(10)65(16,77)66(17,78)64(15,76)56(7,86-59)45-79-18;/h69,72-78H,19-49H2,1-18H3,(H,67,70)(H,68,71);1H4/t52-,53-,54?,55?,56-,57-,58-,59?,60-,61-,62?,63?,64?,65-,66+;/m1./s1. The quantitative estimate of drug-likeness (QED) is 0.0257. The van der Waals surface area contributed by atoms with Gasteiger partial charge >= 0.3 is 12.2 Å². The third kappa shape index (κ3) is 16.3. The van der Waals surface area contributed by atoms with Gasteiger partial charge in [-0.25, -0.2) is 9.59 Å². The van der Waals surface area contributed by atoms with Crippen molar-refractivity contribution in [3.8, 4) is 0 Å². The normalized spacial score (nSPS) is 40.3.